The molecule has 29 heavy (non-hydrogen) atoms. The zero-order chi connectivity index (χ0) is 21.0. The Morgan fingerprint density at radius 1 is 1.03 bits per heavy atom. The number of Topliss-reactive ketones (excluding diaryl/α,β-unsaturated/α-hetero) is 1. The summed E-state index contributed by atoms with van der Waals surface area (Å²) in [6.45, 7) is 4.51. The number of benzene rings is 2. The van der Waals surface area contributed by atoms with Crippen LogP contribution in [0, 0.1) is 6.92 Å². The molecule has 7 heteroatoms. The minimum atomic E-state index is -1.01. The van der Waals surface area contributed by atoms with Gasteiger partial charge in [0.25, 0.3) is 0 Å². The van der Waals surface area contributed by atoms with Crippen LogP contribution in [0.25, 0.3) is 11.5 Å². The molecule has 1 amide bonds. The summed E-state index contributed by atoms with van der Waals surface area (Å²) in [6.07, 6.45) is -1.01. The van der Waals surface area contributed by atoms with E-state index in [0.717, 1.165) is 5.56 Å². The topological polar surface area (TPSA) is 98.5 Å². The van der Waals surface area contributed by atoms with Gasteiger partial charge < -0.3 is 14.5 Å². The van der Waals surface area contributed by atoms with Crippen molar-refractivity contribution < 1.29 is 23.5 Å². The first-order valence-electron chi connectivity index (χ1n) is 9.01. The number of oxazole rings is 1. The zero-order valence-electron chi connectivity index (χ0n) is 16.3. The Morgan fingerprint density at radius 3 is 2.31 bits per heavy atom. The number of rotatable bonds is 6. The number of carbonyl (C=O) groups excluding carboxylic acids is 3. The van der Waals surface area contributed by atoms with Gasteiger partial charge in [0, 0.05) is 23.7 Å². The maximum Gasteiger partial charge on any atom is 0.361 e. The summed E-state index contributed by atoms with van der Waals surface area (Å²) >= 11 is 0. The van der Waals surface area contributed by atoms with E-state index in [0.29, 0.717) is 22.9 Å². The maximum atomic E-state index is 12.5. The average molecular weight is 392 g/mol. The number of esters is 1. The minimum absolute atomic E-state index is 0.0320. The van der Waals surface area contributed by atoms with Crippen LogP contribution in [0.5, 0.6) is 0 Å². The fraction of sp³-hybridized carbons (Fsp3) is 0.182. The standard InChI is InChI=1S/C22H20N2O5/c1-13-19(24-21(28-13)17-7-5-4-6-8-17)22(27)29-14(2)20(26)16-9-11-18(12-10-16)23-15(3)25/h4-12,14H,1-3H3,(H,23,25)/t14-/m0/s1. The third-order valence-electron chi connectivity index (χ3n) is 4.15. The lowest BCUT2D eigenvalue weighted by atomic mass is 10.1. The number of hydrogen-bond donors (Lipinski definition) is 1. The average Bonchev–Trinajstić information content (AvgIpc) is 3.10. The monoisotopic (exact) mass is 392 g/mol. The Balaban J connectivity index is 1.69. The number of aromatic nitrogens is 1. The molecular formula is C22H20N2O5. The van der Waals surface area contributed by atoms with E-state index >= 15 is 0 Å². The molecule has 2 aromatic carbocycles. The number of nitrogens with zero attached hydrogens (tertiary/aromatic N) is 1. The van der Waals surface area contributed by atoms with Crippen molar-refractivity contribution in [3.05, 3.63) is 71.6 Å². The number of hydrogen-bond acceptors (Lipinski definition) is 6. The van der Waals surface area contributed by atoms with Crippen LogP contribution in [-0.4, -0.2) is 28.7 Å². The van der Waals surface area contributed by atoms with Gasteiger partial charge in [-0.3, -0.25) is 9.59 Å². The molecule has 0 bridgehead atoms. The van der Waals surface area contributed by atoms with Gasteiger partial charge in [-0.15, -0.1) is 0 Å². The summed E-state index contributed by atoms with van der Waals surface area (Å²) in [5, 5.41) is 2.62. The lowest BCUT2D eigenvalue weighted by molar-refractivity contribution is -0.114. The SMILES string of the molecule is CC(=O)Nc1ccc(C(=O)[C@H](C)OC(=O)c2nc(-c3ccccc3)oc2C)cc1. The Kier molecular flexibility index (Phi) is 5.87. The van der Waals surface area contributed by atoms with E-state index in [1.54, 1.807) is 31.2 Å². The van der Waals surface area contributed by atoms with Crippen molar-refractivity contribution in [2.75, 3.05) is 5.32 Å². The van der Waals surface area contributed by atoms with E-state index in [9.17, 15) is 14.4 Å². The molecule has 1 N–H and O–H groups in total. The zero-order valence-corrected chi connectivity index (χ0v) is 16.3. The summed E-state index contributed by atoms with van der Waals surface area (Å²) in [5.74, 6) is -0.679. The highest BCUT2D eigenvalue weighted by atomic mass is 16.5. The van der Waals surface area contributed by atoms with Gasteiger partial charge in [-0.2, -0.15) is 0 Å². The number of aryl methyl sites for hydroxylation is 1. The van der Waals surface area contributed by atoms with Crippen molar-refractivity contribution in [1.82, 2.24) is 4.98 Å². The van der Waals surface area contributed by atoms with Gasteiger partial charge in [-0.05, 0) is 50.2 Å². The lowest BCUT2D eigenvalue weighted by Crippen LogP contribution is -2.25. The van der Waals surface area contributed by atoms with Crippen LogP contribution in [0.1, 0.15) is 40.5 Å². The highest BCUT2D eigenvalue weighted by Gasteiger charge is 2.25. The Morgan fingerprint density at radius 2 is 1.69 bits per heavy atom. The number of nitrogens with one attached hydrogen (secondary N) is 1. The Labute approximate surface area is 167 Å². The van der Waals surface area contributed by atoms with Crippen LogP contribution >= 0.6 is 0 Å². The molecule has 0 saturated carbocycles. The Bertz CT molecular complexity index is 1040. The van der Waals surface area contributed by atoms with Gasteiger partial charge in [0.2, 0.25) is 17.6 Å². The number of amides is 1. The van der Waals surface area contributed by atoms with Crippen LogP contribution < -0.4 is 5.32 Å². The largest absolute Gasteiger partial charge is 0.449 e. The quantitative estimate of drug-likeness (QED) is 0.502. The van der Waals surface area contributed by atoms with E-state index in [-0.39, 0.29) is 17.4 Å². The second-order valence-corrected chi connectivity index (χ2v) is 6.46. The van der Waals surface area contributed by atoms with Gasteiger partial charge in [-0.25, -0.2) is 9.78 Å². The number of carbonyl (C=O) groups is 3. The molecule has 0 aliphatic rings. The van der Waals surface area contributed by atoms with Crippen molar-refractivity contribution >= 4 is 23.3 Å². The molecule has 148 valence electrons. The summed E-state index contributed by atoms with van der Waals surface area (Å²) in [4.78, 5) is 40.3. The van der Waals surface area contributed by atoms with Crippen LogP contribution in [-0.2, 0) is 9.53 Å². The molecule has 0 radical (unpaired) electrons. The maximum absolute atomic E-state index is 12.5. The first kappa shape index (κ1) is 20.0. The second-order valence-electron chi connectivity index (χ2n) is 6.46. The molecule has 0 unspecified atom stereocenters. The third-order valence-corrected chi connectivity index (χ3v) is 4.15. The molecular weight excluding hydrogens is 372 g/mol. The van der Waals surface area contributed by atoms with E-state index in [2.05, 4.69) is 10.3 Å². The minimum Gasteiger partial charge on any atom is -0.449 e. The summed E-state index contributed by atoms with van der Waals surface area (Å²) in [6, 6.07) is 15.5. The van der Waals surface area contributed by atoms with Gasteiger partial charge in [0.1, 0.15) is 5.76 Å². The molecule has 1 aromatic heterocycles. The van der Waals surface area contributed by atoms with Crippen molar-refractivity contribution in [2.24, 2.45) is 0 Å². The molecule has 0 spiro atoms. The second kappa shape index (κ2) is 8.52. The van der Waals surface area contributed by atoms with Gasteiger partial charge in [0.05, 0.1) is 0 Å². The van der Waals surface area contributed by atoms with Crippen LogP contribution in [0.15, 0.2) is 59.0 Å². The van der Waals surface area contributed by atoms with Crippen LogP contribution in [0.4, 0.5) is 5.69 Å². The number of ketones is 1. The molecule has 1 heterocycles. The first-order valence-corrected chi connectivity index (χ1v) is 9.01. The predicted molar refractivity (Wildman–Crippen MR) is 107 cm³/mol. The molecule has 3 aromatic rings. The summed E-state index contributed by atoms with van der Waals surface area (Å²) < 4.78 is 10.9. The lowest BCUT2D eigenvalue weighted by Gasteiger charge is -2.12. The molecule has 0 aliphatic heterocycles. The molecule has 7 nitrogen and oxygen atoms in total. The van der Waals surface area contributed by atoms with Gasteiger partial charge in [-0.1, -0.05) is 18.2 Å². The normalized spacial score (nSPS) is 11.6. The fourth-order valence-corrected chi connectivity index (χ4v) is 2.72. The first-order chi connectivity index (χ1) is 13.8. The summed E-state index contributed by atoms with van der Waals surface area (Å²) in [7, 11) is 0. The van der Waals surface area contributed by atoms with Crippen LogP contribution in [0.2, 0.25) is 0 Å². The van der Waals surface area contributed by atoms with Crippen molar-refractivity contribution in [2.45, 2.75) is 26.9 Å². The molecule has 0 fully saturated rings. The molecule has 3 rings (SSSR count). The van der Waals surface area contributed by atoms with E-state index in [4.69, 9.17) is 9.15 Å². The third kappa shape index (κ3) is 4.76. The molecule has 0 saturated heterocycles. The van der Waals surface area contributed by atoms with E-state index < -0.39 is 12.1 Å². The highest BCUT2D eigenvalue weighted by Crippen LogP contribution is 2.22. The van der Waals surface area contributed by atoms with Gasteiger partial charge >= 0.3 is 5.97 Å². The van der Waals surface area contributed by atoms with E-state index in [1.165, 1.54) is 13.8 Å². The van der Waals surface area contributed by atoms with Crippen molar-refractivity contribution in [3.8, 4) is 11.5 Å². The summed E-state index contributed by atoms with van der Waals surface area (Å²) in [5.41, 5.74) is 1.70. The fourth-order valence-electron chi connectivity index (χ4n) is 2.72. The predicted octanol–water partition coefficient (Wildman–Crippen LogP) is 4.04. The number of ether oxygens (including phenoxy) is 1. The number of anilines is 1. The smallest absolute Gasteiger partial charge is 0.361 e. The van der Waals surface area contributed by atoms with Gasteiger partial charge in [0.15, 0.2) is 11.8 Å². The molecule has 1 atom stereocenters. The van der Waals surface area contributed by atoms with E-state index in [1.807, 2.05) is 30.3 Å². The van der Waals surface area contributed by atoms with Crippen molar-refractivity contribution in [1.29, 1.82) is 0 Å². The Hall–Kier alpha value is -3.74. The van der Waals surface area contributed by atoms with Crippen molar-refractivity contribution in [3.63, 3.8) is 0 Å². The highest BCUT2D eigenvalue weighted by molar-refractivity contribution is 6.01. The van der Waals surface area contributed by atoms with Crippen LogP contribution in [0.3, 0.4) is 0 Å². The molecule has 0 aliphatic carbocycles.